The van der Waals surface area contributed by atoms with Crippen molar-refractivity contribution in [3.63, 3.8) is 0 Å². The molecular formula is C17H25ClN4O4S. The van der Waals surface area contributed by atoms with E-state index in [-0.39, 0.29) is 29.8 Å². The molecule has 10 heteroatoms. The smallest absolute Gasteiger partial charge is 0.243 e. The van der Waals surface area contributed by atoms with Gasteiger partial charge in [-0.3, -0.25) is 14.5 Å². The molecule has 2 N–H and O–H groups in total. The summed E-state index contributed by atoms with van der Waals surface area (Å²) in [4.78, 5) is 25.5. The zero-order valence-corrected chi connectivity index (χ0v) is 16.9. The van der Waals surface area contributed by atoms with Crippen LogP contribution in [0.4, 0.5) is 0 Å². The van der Waals surface area contributed by atoms with Crippen LogP contribution >= 0.6 is 11.6 Å². The van der Waals surface area contributed by atoms with Crippen molar-refractivity contribution in [2.45, 2.75) is 18.2 Å². The summed E-state index contributed by atoms with van der Waals surface area (Å²) in [5.74, 6) is -0.476. The van der Waals surface area contributed by atoms with Gasteiger partial charge in [-0.2, -0.15) is 4.31 Å². The molecule has 0 aromatic heterocycles. The maximum Gasteiger partial charge on any atom is 0.243 e. The Kier molecular flexibility index (Phi) is 8.03. The molecule has 1 fully saturated rings. The average Bonchev–Trinajstić information content (AvgIpc) is 2.65. The van der Waals surface area contributed by atoms with Gasteiger partial charge in [-0.25, -0.2) is 8.42 Å². The van der Waals surface area contributed by atoms with E-state index in [1.807, 2.05) is 11.8 Å². The number of hydrogen-bond acceptors (Lipinski definition) is 5. The molecule has 0 aliphatic carbocycles. The zero-order valence-electron chi connectivity index (χ0n) is 15.3. The molecule has 1 aliphatic heterocycles. The summed E-state index contributed by atoms with van der Waals surface area (Å²) in [6.45, 7) is 4.07. The fourth-order valence-electron chi connectivity index (χ4n) is 2.67. The highest BCUT2D eigenvalue weighted by atomic mass is 35.5. The van der Waals surface area contributed by atoms with Crippen molar-refractivity contribution in [3.05, 3.63) is 29.3 Å². The Morgan fingerprint density at radius 3 is 2.44 bits per heavy atom. The molecule has 2 amide bonds. The van der Waals surface area contributed by atoms with E-state index in [1.165, 1.54) is 16.4 Å². The van der Waals surface area contributed by atoms with E-state index in [2.05, 4.69) is 10.6 Å². The topological polar surface area (TPSA) is 98.8 Å². The van der Waals surface area contributed by atoms with E-state index in [0.717, 1.165) is 6.42 Å². The maximum absolute atomic E-state index is 12.7. The Hall–Kier alpha value is -1.68. The van der Waals surface area contributed by atoms with Crippen LogP contribution in [0.25, 0.3) is 0 Å². The minimum absolute atomic E-state index is 0.0536. The monoisotopic (exact) mass is 416 g/mol. The Balaban J connectivity index is 1.79. The van der Waals surface area contributed by atoms with E-state index < -0.39 is 10.0 Å². The predicted octanol–water partition coefficient (Wildman–Crippen LogP) is 0.289. The summed E-state index contributed by atoms with van der Waals surface area (Å²) >= 11 is 5.89. The molecule has 1 saturated heterocycles. The molecule has 27 heavy (non-hydrogen) atoms. The molecule has 1 heterocycles. The third-order valence-corrected chi connectivity index (χ3v) is 6.28. The van der Waals surface area contributed by atoms with Crippen LogP contribution in [0.2, 0.25) is 5.02 Å². The molecule has 0 saturated carbocycles. The molecular weight excluding hydrogens is 392 g/mol. The van der Waals surface area contributed by atoms with E-state index in [1.54, 1.807) is 12.1 Å². The van der Waals surface area contributed by atoms with E-state index in [4.69, 9.17) is 11.6 Å². The number of benzene rings is 1. The van der Waals surface area contributed by atoms with E-state index >= 15 is 0 Å². The number of carbonyl (C=O) groups excluding carboxylic acids is 2. The molecule has 8 nitrogen and oxygen atoms in total. The van der Waals surface area contributed by atoms with Crippen LogP contribution in [-0.2, 0) is 19.6 Å². The summed E-state index contributed by atoms with van der Waals surface area (Å²) in [5, 5.41) is 5.63. The van der Waals surface area contributed by atoms with Gasteiger partial charge < -0.3 is 10.6 Å². The van der Waals surface area contributed by atoms with Crippen molar-refractivity contribution in [1.29, 1.82) is 0 Å². The number of sulfonamides is 1. The number of nitrogens with one attached hydrogen (secondary N) is 2. The second kappa shape index (κ2) is 10.0. The highest BCUT2D eigenvalue weighted by Crippen LogP contribution is 2.20. The van der Waals surface area contributed by atoms with Gasteiger partial charge in [0.25, 0.3) is 0 Å². The highest BCUT2D eigenvalue weighted by molar-refractivity contribution is 7.89. The van der Waals surface area contributed by atoms with Crippen molar-refractivity contribution < 1.29 is 18.0 Å². The standard InChI is InChI=1S/C17H25ClN4O4S/c1-2-6-19-16(23)12-20-17(24)13-21-7-9-22(10-8-21)27(25,26)15-5-3-4-14(18)11-15/h3-5,11H,2,6-10,12-13H2,1H3,(H,19,23)(H,20,24). The lowest BCUT2D eigenvalue weighted by atomic mass is 10.3. The minimum Gasteiger partial charge on any atom is -0.355 e. The van der Waals surface area contributed by atoms with Gasteiger partial charge in [0.1, 0.15) is 0 Å². The van der Waals surface area contributed by atoms with Crippen LogP contribution in [0.3, 0.4) is 0 Å². The normalized spacial score (nSPS) is 16.1. The summed E-state index contributed by atoms with van der Waals surface area (Å²) < 4.78 is 26.7. The largest absolute Gasteiger partial charge is 0.355 e. The van der Waals surface area contributed by atoms with Crippen LogP contribution < -0.4 is 10.6 Å². The lowest BCUT2D eigenvalue weighted by Gasteiger charge is -2.33. The first kappa shape index (κ1) is 21.6. The molecule has 0 spiro atoms. The lowest BCUT2D eigenvalue weighted by Crippen LogP contribution is -2.51. The van der Waals surface area contributed by atoms with Crippen molar-refractivity contribution in [3.8, 4) is 0 Å². The van der Waals surface area contributed by atoms with Gasteiger partial charge in [0.2, 0.25) is 21.8 Å². The fourth-order valence-corrected chi connectivity index (χ4v) is 4.39. The number of hydrogen-bond donors (Lipinski definition) is 2. The Morgan fingerprint density at radius 1 is 1.11 bits per heavy atom. The molecule has 0 radical (unpaired) electrons. The quantitative estimate of drug-likeness (QED) is 0.634. The van der Waals surface area contributed by atoms with E-state index in [9.17, 15) is 18.0 Å². The highest BCUT2D eigenvalue weighted by Gasteiger charge is 2.29. The SMILES string of the molecule is CCCNC(=O)CNC(=O)CN1CCN(S(=O)(=O)c2cccc(Cl)c2)CC1. The number of carbonyl (C=O) groups is 2. The molecule has 150 valence electrons. The first-order valence-electron chi connectivity index (χ1n) is 8.84. The van der Waals surface area contributed by atoms with Gasteiger partial charge in [0, 0.05) is 37.7 Å². The number of nitrogens with zero attached hydrogens (tertiary/aromatic N) is 2. The third kappa shape index (κ3) is 6.46. The van der Waals surface area contributed by atoms with Crippen molar-refractivity contribution in [2.24, 2.45) is 0 Å². The maximum atomic E-state index is 12.7. The molecule has 1 aliphatic rings. The van der Waals surface area contributed by atoms with Crippen LogP contribution in [0.1, 0.15) is 13.3 Å². The molecule has 1 aromatic rings. The summed E-state index contributed by atoms with van der Waals surface area (Å²) in [7, 11) is -3.60. The van der Waals surface area contributed by atoms with Crippen LogP contribution in [0.15, 0.2) is 29.2 Å². The average molecular weight is 417 g/mol. The Bertz CT molecular complexity index is 764. The molecule has 0 unspecified atom stereocenters. The van der Waals surface area contributed by atoms with Gasteiger partial charge in [0.15, 0.2) is 0 Å². The first-order valence-corrected chi connectivity index (χ1v) is 10.7. The summed E-state index contributed by atoms with van der Waals surface area (Å²) in [5.41, 5.74) is 0. The first-order chi connectivity index (χ1) is 12.8. The number of halogens is 1. The summed E-state index contributed by atoms with van der Waals surface area (Å²) in [6, 6.07) is 6.18. The number of amides is 2. The molecule has 0 bridgehead atoms. The second-order valence-corrected chi connectivity index (χ2v) is 8.64. The van der Waals surface area contributed by atoms with Crippen molar-refractivity contribution >= 4 is 33.4 Å². The van der Waals surface area contributed by atoms with Gasteiger partial charge >= 0.3 is 0 Å². The van der Waals surface area contributed by atoms with Crippen LogP contribution in [-0.4, -0.2) is 75.3 Å². The van der Waals surface area contributed by atoms with E-state index in [0.29, 0.717) is 37.7 Å². The zero-order chi connectivity index (χ0) is 19.9. The fraction of sp³-hybridized carbons (Fsp3) is 0.529. The van der Waals surface area contributed by atoms with Gasteiger partial charge in [-0.05, 0) is 24.6 Å². The predicted molar refractivity (Wildman–Crippen MR) is 103 cm³/mol. The van der Waals surface area contributed by atoms with Gasteiger partial charge in [0.05, 0.1) is 18.0 Å². The molecule has 2 rings (SSSR count). The summed E-state index contributed by atoms with van der Waals surface area (Å²) in [6.07, 6.45) is 0.835. The molecule has 1 aromatic carbocycles. The number of piperazine rings is 1. The van der Waals surface area contributed by atoms with Gasteiger partial charge in [-0.15, -0.1) is 0 Å². The minimum atomic E-state index is -3.60. The Morgan fingerprint density at radius 2 is 1.81 bits per heavy atom. The van der Waals surface area contributed by atoms with Crippen molar-refractivity contribution in [1.82, 2.24) is 19.8 Å². The van der Waals surface area contributed by atoms with Crippen molar-refractivity contribution in [2.75, 3.05) is 45.8 Å². The second-order valence-electron chi connectivity index (χ2n) is 6.26. The van der Waals surface area contributed by atoms with Crippen LogP contribution in [0, 0.1) is 0 Å². The lowest BCUT2D eigenvalue weighted by molar-refractivity contribution is -0.126. The third-order valence-electron chi connectivity index (χ3n) is 4.15. The van der Waals surface area contributed by atoms with Gasteiger partial charge in [-0.1, -0.05) is 24.6 Å². The molecule has 0 atom stereocenters. The van der Waals surface area contributed by atoms with Crippen LogP contribution in [0.5, 0.6) is 0 Å². The Labute approximate surface area is 164 Å². The number of rotatable bonds is 8.